The van der Waals surface area contributed by atoms with E-state index in [9.17, 15) is 9.59 Å². The third-order valence-corrected chi connectivity index (χ3v) is 6.11. The predicted octanol–water partition coefficient (Wildman–Crippen LogP) is 4.04. The molecule has 0 fully saturated rings. The van der Waals surface area contributed by atoms with E-state index in [0.717, 1.165) is 27.7 Å². The Kier molecular flexibility index (Phi) is 7.65. The Hall–Kier alpha value is -2.32. The van der Waals surface area contributed by atoms with E-state index in [-0.39, 0.29) is 19.0 Å². The number of para-hydroxylation sites is 1. The Morgan fingerprint density at radius 3 is 2.57 bits per heavy atom. The van der Waals surface area contributed by atoms with E-state index in [0.29, 0.717) is 13.2 Å². The number of ether oxygens (including phenoxy) is 2. The van der Waals surface area contributed by atoms with E-state index in [1.165, 1.54) is 14.2 Å². The molecule has 0 unspecified atom stereocenters. The first-order valence-electron chi connectivity index (χ1n) is 9.38. The zero-order valence-electron chi connectivity index (χ0n) is 17.4. The molecule has 0 saturated carbocycles. The lowest BCUT2D eigenvalue weighted by Crippen LogP contribution is -2.30. The van der Waals surface area contributed by atoms with Crippen LogP contribution in [0.1, 0.15) is 12.1 Å². The minimum atomic E-state index is -1.26. The summed E-state index contributed by atoms with van der Waals surface area (Å²) in [7, 11) is 1.66. The number of hydrogen-bond donors (Lipinski definition) is 0. The molecule has 7 nitrogen and oxygen atoms in total. The zero-order valence-corrected chi connectivity index (χ0v) is 18.4. The minimum Gasteiger partial charge on any atom is -0.469 e. The van der Waals surface area contributed by atoms with Crippen molar-refractivity contribution in [3.8, 4) is 0 Å². The van der Waals surface area contributed by atoms with Crippen molar-refractivity contribution >= 4 is 31.0 Å². The number of rotatable bonds is 9. The molecule has 8 heteroatoms. The molecule has 0 N–H and O–H groups in total. The van der Waals surface area contributed by atoms with Gasteiger partial charge >= 0.3 is 12.1 Å². The molecule has 1 aromatic heterocycles. The van der Waals surface area contributed by atoms with Crippen molar-refractivity contribution in [1.82, 2.24) is 9.63 Å². The summed E-state index contributed by atoms with van der Waals surface area (Å²) in [5.41, 5.74) is 1.87. The number of aromatic nitrogens is 1. The summed E-state index contributed by atoms with van der Waals surface area (Å²) in [6.45, 7) is 7.76. The highest BCUT2D eigenvalue weighted by Gasteiger charge is 2.17. The van der Waals surface area contributed by atoms with Gasteiger partial charge in [-0.3, -0.25) is 9.63 Å². The maximum absolute atomic E-state index is 12.1. The summed E-state index contributed by atoms with van der Waals surface area (Å²) >= 11 is 0. The number of methoxy groups -OCH3 is 1. The van der Waals surface area contributed by atoms with Crippen molar-refractivity contribution in [2.45, 2.75) is 45.3 Å². The summed E-state index contributed by atoms with van der Waals surface area (Å²) in [6.07, 6.45) is -0.244. The molecule has 28 heavy (non-hydrogen) atoms. The van der Waals surface area contributed by atoms with E-state index in [1.807, 2.05) is 34.9 Å². The zero-order chi connectivity index (χ0) is 20.7. The predicted molar refractivity (Wildman–Crippen MR) is 111 cm³/mol. The largest absolute Gasteiger partial charge is 0.469 e. The number of carbonyl (C=O) groups is 2. The van der Waals surface area contributed by atoms with Gasteiger partial charge in [0.25, 0.3) is 0 Å². The van der Waals surface area contributed by atoms with Crippen molar-refractivity contribution in [3.63, 3.8) is 0 Å². The molecule has 0 bridgehead atoms. The molecule has 1 heterocycles. The molecule has 2 rings (SSSR count). The molecule has 0 radical (unpaired) electrons. The molecular formula is C20H30N2O5Si. The van der Waals surface area contributed by atoms with Gasteiger partial charge in [0.15, 0.2) is 0 Å². The summed E-state index contributed by atoms with van der Waals surface area (Å²) < 4.78 is 12.0. The second-order valence-corrected chi connectivity index (χ2v) is 13.5. The van der Waals surface area contributed by atoms with Gasteiger partial charge in [0.2, 0.25) is 0 Å². The van der Waals surface area contributed by atoms with Gasteiger partial charge in [-0.15, -0.1) is 0 Å². The highest BCUT2D eigenvalue weighted by molar-refractivity contribution is 6.76. The molecule has 2 aromatic rings. The average molecular weight is 407 g/mol. The van der Waals surface area contributed by atoms with E-state index in [1.54, 1.807) is 0 Å². The maximum Gasteiger partial charge on any atom is 0.433 e. The van der Waals surface area contributed by atoms with Crippen LogP contribution in [0.4, 0.5) is 4.79 Å². The third-order valence-electron chi connectivity index (χ3n) is 4.40. The molecule has 0 spiro atoms. The fraction of sp³-hybridized carbons (Fsp3) is 0.500. The van der Waals surface area contributed by atoms with Crippen LogP contribution in [0.5, 0.6) is 0 Å². The summed E-state index contributed by atoms with van der Waals surface area (Å²) in [6, 6.07) is 10.8. The first kappa shape index (κ1) is 22.0. The molecule has 0 atom stereocenters. The van der Waals surface area contributed by atoms with Crippen LogP contribution in [0.3, 0.4) is 0 Å². The smallest absolute Gasteiger partial charge is 0.433 e. The fourth-order valence-electron chi connectivity index (χ4n) is 2.71. The number of amides is 1. The SMILES string of the molecule is COC(=O)CCn1c(CON(C)C(=O)OCC[Si](C)(C)C)cc2ccccc21. The second-order valence-electron chi connectivity index (χ2n) is 7.87. The first-order chi connectivity index (χ1) is 13.2. The number of aryl methyl sites for hydroxylation is 1. The van der Waals surface area contributed by atoms with Crippen molar-refractivity contribution in [1.29, 1.82) is 0 Å². The number of hydrogen-bond acceptors (Lipinski definition) is 5. The van der Waals surface area contributed by atoms with Crippen molar-refractivity contribution in [2.75, 3.05) is 20.8 Å². The van der Waals surface area contributed by atoms with Gasteiger partial charge in [-0.1, -0.05) is 37.8 Å². The van der Waals surface area contributed by atoms with Gasteiger partial charge in [-0.05, 0) is 23.6 Å². The highest BCUT2D eigenvalue weighted by atomic mass is 28.3. The van der Waals surface area contributed by atoms with Crippen LogP contribution in [0.2, 0.25) is 25.7 Å². The number of nitrogens with zero attached hydrogens (tertiary/aromatic N) is 2. The van der Waals surface area contributed by atoms with E-state index >= 15 is 0 Å². The topological polar surface area (TPSA) is 70.0 Å². The first-order valence-corrected chi connectivity index (χ1v) is 13.1. The third kappa shape index (κ3) is 6.38. The molecule has 0 aliphatic carbocycles. The lowest BCUT2D eigenvalue weighted by atomic mass is 10.2. The van der Waals surface area contributed by atoms with Gasteiger partial charge in [-0.25, -0.2) is 4.79 Å². The maximum atomic E-state index is 12.1. The molecule has 1 aromatic carbocycles. The Morgan fingerprint density at radius 2 is 1.89 bits per heavy atom. The van der Waals surface area contributed by atoms with Gasteiger partial charge in [0, 0.05) is 32.9 Å². The number of carbonyl (C=O) groups excluding carboxylic acids is 2. The number of fused-ring (bicyclic) bond motifs is 1. The van der Waals surface area contributed by atoms with Crippen molar-refractivity contribution in [2.24, 2.45) is 0 Å². The normalized spacial score (nSPS) is 11.5. The van der Waals surface area contributed by atoms with Crippen LogP contribution >= 0.6 is 0 Å². The minimum absolute atomic E-state index is 0.190. The van der Waals surface area contributed by atoms with Crippen LogP contribution < -0.4 is 0 Å². The standard InChI is InChI=1S/C20H30N2O5Si/c1-21(20(24)26-12-13-28(3,4)5)27-15-17-14-16-8-6-7-9-18(16)22(17)11-10-19(23)25-2/h6-9,14H,10-13,15H2,1-5H3. The van der Waals surface area contributed by atoms with E-state index in [2.05, 4.69) is 19.6 Å². The molecule has 0 aliphatic rings. The van der Waals surface area contributed by atoms with Crippen LogP contribution in [-0.4, -0.2) is 50.5 Å². The van der Waals surface area contributed by atoms with Crippen LogP contribution in [-0.2, 0) is 32.3 Å². The fourth-order valence-corrected chi connectivity index (χ4v) is 3.42. The van der Waals surface area contributed by atoms with E-state index < -0.39 is 14.2 Å². The van der Waals surface area contributed by atoms with Gasteiger partial charge in [0.05, 0.1) is 20.1 Å². The Balaban J connectivity index is 2.00. The Bertz CT molecular complexity index is 813. The van der Waals surface area contributed by atoms with Gasteiger partial charge in [-0.2, -0.15) is 5.06 Å². The van der Waals surface area contributed by atoms with Crippen LogP contribution in [0, 0.1) is 0 Å². The Labute approximate surface area is 167 Å². The molecule has 1 amide bonds. The second kappa shape index (κ2) is 9.75. The molecule has 154 valence electrons. The van der Waals surface area contributed by atoms with Gasteiger partial charge in [0.1, 0.15) is 6.61 Å². The van der Waals surface area contributed by atoms with E-state index in [4.69, 9.17) is 14.3 Å². The highest BCUT2D eigenvalue weighted by Crippen LogP contribution is 2.21. The summed E-state index contributed by atoms with van der Waals surface area (Å²) in [5, 5.41) is 2.17. The van der Waals surface area contributed by atoms with Crippen molar-refractivity contribution in [3.05, 3.63) is 36.0 Å². The summed E-state index contributed by atoms with van der Waals surface area (Å²) in [5.74, 6) is -0.271. The monoisotopic (exact) mass is 406 g/mol. The number of esters is 1. The average Bonchev–Trinajstić information content (AvgIpc) is 3.00. The number of hydroxylamine groups is 2. The lowest BCUT2D eigenvalue weighted by molar-refractivity contribution is -0.141. The van der Waals surface area contributed by atoms with Crippen LogP contribution in [0.15, 0.2) is 30.3 Å². The van der Waals surface area contributed by atoms with Gasteiger partial charge < -0.3 is 14.0 Å². The Morgan fingerprint density at radius 1 is 1.18 bits per heavy atom. The molecular weight excluding hydrogens is 376 g/mol. The summed E-state index contributed by atoms with van der Waals surface area (Å²) in [4.78, 5) is 29.2. The molecule has 0 aliphatic heterocycles. The molecule has 0 saturated heterocycles. The number of benzene rings is 1. The van der Waals surface area contributed by atoms with Crippen LogP contribution in [0.25, 0.3) is 10.9 Å². The van der Waals surface area contributed by atoms with Crippen molar-refractivity contribution < 1.29 is 23.9 Å². The lowest BCUT2D eigenvalue weighted by Gasteiger charge is -2.19. The quantitative estimate of drug-likeness (QED) is 0.357.